The van der Waals surface area contributed by atoms with Crippen LogP contribution in [0.4, 0.5) is 4.39 Å². The van der Waals surface area contributed by atoms with Gasteiger partial charge in [0.1, 0.15) is 22.9 Å². The summed E-state index contributed by atoms with van der Waals surface area (Å²) in [7, 11) is 0. The molecule has 1 amide bonds. The summed E-state index contributed by atoms with van der Waals surface area (Å²) in [5.74, 6) is 0.0973. The van der Waals surface area contributed by atoms with E-state index in [-0.39, 0.29) is 40.5 Å². The fourth-order valence-corrected chi connectivity index (χ4v) is 3.48. The summed E-state index contributed by atoms with van der Waals surface area (Å²) in [4.78, 5) is 17.1. The Morgan fingerprint density at radius 1 is 1.00 bits per heavy atom. The molecule has 1 aromatic heterocycles. The lowest BCUT2D eigenvalue weighted by Gasteiger charge is -2.28. The number of benzene rings is 2. The number of nitrogens with zero attached hydrogens (tertiary/aromatic N) is 1. The van der Waals surface area contributed by atoms with Gasteiger partial charge < -0.3 is 15.2 Å². The molecule has 3 aromatic rings. The lowest BCUT2D eigenvalue weighted by atomic mass is 9.78. The van der Waals surface area contributed by atoms with Crippen molar-refractivity contribution < 1.29 is 19.0 Å². The van der Waals surface area contributed by atoms with Gasteiger partial charge in [0.25, 0.3) is 5.91 Å². The minimum Gasteiger partial charge on any atom is -0.507 e. The lowest BCUT2D eigenvalue weighted by molar-refractivity contribution is 0.0948. The first-order valence-electron chi connectivity index (χ1n) is 10.9. The van der Waals surface area contributed by atoms with Crippen molar-refractivity contribution in [3.05, 3.63) is 82.8 Å². The molecule has 0 saturated heterocycles. The number of pyridine rings is 1. The number of rotatable bonds is 5. The summed E-state index contributed by atoms with van der Waals surface area (Å²) in [6, 6.07) is 12.7. The van der Waals surface area contributed by atoms with E-state index in [0.29, 0.717) is 11.5 Å². The first kappa shape index (κ1) is 24.2. The molecule has 0 atom stereocenters. The van der Waals surface area contributed by atoms with Crippen LogP contribution in [0.5, 0.6) is 17.4 Å². The van der Waals surface area contributed by atoms with Gasteiger partial charge >= 0.3 is 0 Å². The minimum absolute atomic E-state index is 0.137. The van der Waals surface area contributed by atoms with E-state index in [1.807, 2.05) is 53.7 Å². The van der Waals surface area contributed by atoms with Crippen LogP contribution >= 0.6 is 0 Å². The Labute approximate surface area is 194 Å². The summed E-state index contributed by atoms with van der Waals surface area (Å²) < 4.78 is 18.9. The third-order valence-electron chi connectivity index (χ3n) is 5.28. The summed E-state index contributed by atoms with van der Waals surface area (Å²) in [5.41, 5.74) is 2.31. The molecule has 0 unspecified atom stereocenters. The van der Waals surface area contributed by atoms with E-state index in [4.69, 9.17) is 4.74 Å². The average molecular weight is 451 g/mol. The third-order valence-corrected chi connectivity index (χ3v) is 5.28. The van der Waals surface area contributed by atoms with Crippen molar-refractivity contribution in [2.45, 2.75) is 58.9 Å². The van der Waals surface area contributed by atoms with Gasteiger partial charge in [-0.25, -0.2) is 9.37 Å². The highest BCUT2D eigenvalue weighted by Crippen LogP contribution is 2.39. The Morgan fingerprint density at radius 2 is 1.58 bits per heavy atom. The number of amides is 1. The van der Waals surface area contributed by atoms with Crippen LogP contribution < -0.4 is 10.1 Å². The smallest absolute Gasteiger partial charge is 0.257 e. The predicted octanol–water partition coefficient (Wildman–Crippen LogP) is 6.24. The first-order valence-corrected chi connectivity index (χ1v) is 10.9. The topological polar surface area (TPSA) is 71.5 Å². The number of nitrogens with one attached hydrogen (secondary N) is 1. The zero-order valence-corrected chi connectivity index (χ0v) is 20.0. The molecule has 174 valence electrons. The normalized spacial score (nSPS) is 11.8. The van der Waals surface area contributed by atoms with E-state index in [1.165, 1.54) is 30.5 Å². The molecule has 2 aromatic carbocycles. The van der Waals surface area contributed by atoms with E-state index >= 15 is 0 Å². The highest BCUT2D eigenvalue weighted by atomic mass is 19.1. The molecule has 0 saturated carbocycles. The SMILES string of the molecule is CC(C)(C)c1cc(CNC(=O)c2cccnc2Oc2ccc(F)cc2)cc(C(C)(C)C)c1O. The van der Waals surface area contributed by atoms with Crippen LogP contribution in [0, 0.1) is 5.82 Å². The average Bonchev–Trinajstić information content (AvgIpc) is 2.73. The molecule has 2 N–H and O–H groups in total. The Morgan fingerprint density at radius 3 is 2.12 bits per heavy atom. The summed E-state index contributed by atoms with van der Waals surface area (Å²) in [5, 5.41) is 13.8. The minimum atomic E-state index is -0.375. The van der Waals surface area contributed by atoms with E-state index < -0.39 is 0 Å². The van der Waals surface area contributed by atoms with Crippen molar-refractivity contribution >= 4 is 5.91 Å². The fourth-order valence-electron chi connectivity index (χ4n) is 3.48. The molecule has 0 aliphatic heterocycles. The van der Waals surface area contributed by atoms with Crippen molar-refractivity contribution in [1.29, 1.82) is 0 Å². The molecule has 1 heterocycles. The Hall–Kier alpha value is -3.41. The van der Waals surface area contributed by atoms with Crippen LogP contribution in [-0.2, 0) is 17.4 Å². The van der Waals surface area contributed by atoms with Gasteiger partial charge in [0, 0.05) is 12.7 Å². The quantitative estimate of drug-likeness (QED) is 0.482. The number of hydrogen-bond donors (Lipinski definition) is 2. The molecular formula is C27H31FN2O3. The number of halogens is 1. The summed E-state index contributed by atoms with van der Waals surface area (Å²) in [6.45, 7) is 12.6. The molecule has 0 fully saturated rings. The molecular weight excluding hydrogens is 419 g/mol. The van der Waals surface area contributed by atoms with Crippen LogP contribution in [-0.4, -0.2) is 16.0 Å². The number of aromatic nitrogens is 1. The molecule has 6 heteroatoms. The molecule has 5 nitrogen and oxygen atoms in total. The van der Waals surface area contributed by atoms with Gasteiger partial charge in [-0.05, 0) is 76.1 Å². The molecule has 0 aliphatic carbocycles. The van der Waals surface area contributed by atoms with Gasteiger partial charge in [0.2, 0.25) is 5.88 Å². The molecule has 33 heavy (non-hydrogen) atoms. The van der Waals surface area contributed by atoms with E-state index in [1.54, 1.807) is 12.1 Å². The van der Waals surface area contributed by atoms with E-state index in [2.05, 4.69) is 10.3 Å². The van der Waals surface area contributed by atoms with Crippen LogP contribution in [0.2, 0.25) is 0 Å². The van der Waals surface area contributed by atoms with Gasteiger partial charge in [-0.3, -0.25) is 4.79 Å². The maximum atomic E-state index is 13.2. The van der Waals surface area contributed by atoms with Crippen molar-refractivity contribution in [2.75, 3.05) is 0 Å². The molecule has 0 radical (unpaired) electrons. The first-order chi connectivity index (χ1) is 15.4. The fraction of sp³-hybridized carbons (Fsp3) is 0.333. The number of carbonyl (C=O) groups excluding carboxylic acids is 1. The number of aromatic hydroxyl groups is 1. The maximum Gasteiger partial charge on any atom is 0.257 e. The van der Waals surface area contributed by atoms with Gasteiger partial charge in [-0.1, -0.05) is 41.5 Å². The Bertz CT molecular complexity index is 1110. The zero-order chi connectivity index (χ0) is 24.4. The van der Waals surface area contributed by atoms with Crippen LogP contribution in [0.1, 0.15) is 68.6 Å². The number of phenolic OH excluding ortho intramolecular Hbond substituents is 1. The Kier molecular flexibility index (Phi) is 6.77. The number of carbonyl (C=O) groups is 1. The highest BCUT2D eigenvalue weighted by Gasteiger charge is 2.26. The van der Waals surface area contributed by atoms with Crippen LogP contribution in [0.15, 0.2) is 54.7 Å². The zero-order valence-electron chi connectivity index (χ0n) is 20.0. The monoisotopic (exact) mass is 450 g/mol. The maximum absolute atomic E-state index is 13.2. The number of hydrogen-bond acceptors (Lipinski definition) is 4. The second-order valence-corrected chi connectivity index (χ2v) is 10.1. The largest absolute Gasteiger partial charge is 0.507 e. The van der Waals surface area contributed by atoms with Crippen molar-refractivity contribution in [3.63, 3.8) is 0 Å². The van der Waals surface area contributed by atoms with Gasteiger partial charge in [0.15, 0.2) is 0 Å². The van der Waals surface area contributed by atoms with Crippen LogP contribution in [0.3, 0.4) is 0 Å². The highest BCUT2D eigenvalue weighted by molar-refractivity contribution is 5.96. The number of phenols is 1. The molecule has 0 aliphatic rings. The van der Waals surface area contributed by atoms with E-state index in [0.717, 1.165) is 16.7 Å². The second-order valence-electron chi connectivity index (χ2n) is 10.1. The van der Waals surface area contributed by atoms with Gasteiger partial charge in [0.05, 0.1) is 0 Å². The van der Waals surface area contributed by atoms with Crippen molar-refractivity contribution in [1.82, 2.24) is 10.3 Å². The van der Waals surface area contributed by atoms with Crippen LogP contribution in [0.25, 0.3) is 0 Å². The van der Waals surface area contributed by atoms with Gasteiger partial charge in [-0.15, -0.1) is 0 Å². The molecule has 0 bridgehead atoms. The van der Waals surface area contributed by atoms with Crippen molar-refractivity contribution in [3.8, 4) is 17.4 Å². The molecule has 3 rings (SSSR count). The predicted molar refractivity (Wildman–Crippen MR) is 127 cm³/mol. The molecule has 0 spiro atoms. The second kappa shape index (κ2) is 9.22. The lowest BCUT2D eigenvalue weighted by Crippen LogP contribution is -2.25. The Balaban J connectivity index is 1.85. The number of ether oxygens (including phenoxy) is 1. The van der Waals surface area contributed by atoms with Crippen molar-refractivity contribution in [2.24, 2.45) is 0 Å². The summed E-state index contributed by atoms with van der Waals surface area (Å²) in [6.07, 6.45) is 1.53. The third kappa shape index (κ3) is 5.89. The van der Waals surface area contributed by atoms with Gasteiger partial charge in [-0.2, -0.15) is 0 Å². The van der Waals surface area contributed by atoms with E-state index in [9.17, 15) is 14.3 Å². The summed E-state index contributed by atoms with van der Waals surface area (Å²) >= 11 is 0. The standard InChI is InChI=1S/C27H31FN2O3/c1-26(2,3)21-14-17(15-22(23(21)31)27(4,5)6)16-30-24(32)20-8-7-13-29-25(20)33-19-11-9-18(28)10-12-19/h7-15,31H,16H2,1-6H3,(H,30,32).